The van der Waals surface area contributed by atoms with Crippen LogP contribution in [0.15, 0.2) is 0 Å². The largest absolute Gasteiger partial charge is 0.358 e. The summed E-state index contributed by atoms with van der Waals surface area (Å²) in [6.45, 7) is 1.50. The molecule has 0 heterocycles. The maximum atomic E-state index is 12.1. The number of hydrogen-bond acceptors (Lipinski definition) is 8. The molecule has 4 amide bonds. The highest BCUT2D eigenvalue weighted by molar-refractivity contribution is 7.85. The molecule has 0 saturated carbocycles. The highest BCUT2D eigenvalue weighted by Crippen LogP contribution is 2.13. The van der Waals surface area contributed by atoms with Crippen molar-refractivity contribution in [3.05, 3.63) is 0 Å². The molecule has 14 heteroatoms. The van der Waals surface area contributed by atoms with Gasteiger partial charge in [0.2, 0.25) is 23.6 Å². The molecule has 0 saturated heterocycles. The van der Waals surface area contributed by atoms with Gasteiger partial charge in [0.15, 0.2) is 0 Å². The molecular weight excluding hydrogens is 624 g/mol. The van der Waals surface area contributed by atoms with E-state index < -0.39 is 22.2 Å². The topological polar surface area (TPSA) is 223 Å². The van der Waals surface area contributed by atoms with Crippen LogP contribution in [0.5, 0.6) is 0 Å². The molecule has 0 aromatic carbocycles. The summed E-state index contributed by atoms with van der Waals surface area (Å²) in [5.41, 5.74) is 11.7. The molecule has 0 fully saturated rings. The van der Waals surface area contributed by atoms with Crippen molar-refractivity contribution >= 4 is 33.7 Å². The molecule has 0 rings (SSSR count). The zero-order valence-corrected chi connectivity index (χ0v) is 29.8. The monoisotopic (exact) mass is 690 g/mol. The third-order valence-electron chi connectivity index (χ3n) is 8.13. The summed E-state index contributed by atoms with van der Waals surface area (Å²) in [7, 11) is -2.26. The van der Waals surface area contributed by atoms with Gasteiger partial charge in [0.25, 0.3) is 10.1 Å². The number of unbranched alkanes of at least 4 members (excludes halogenated alkanes) is 14. The van der Waals surface area contributed by atoms with E-state index in [9.17, 15) is 27.6 Å². The van der Waals surface area contributed by atoms with E-state index in [0.29, 0.717) is 58.2 Å². The fourth-order valence-corrected chi connectivity index (χ4v) is 5.73. The van der Waals surface area contributed by atoms with Crippen molar-refractivity contribution in [3.63, 3.8) is 0 Å². The van der Waals surface area contributed by atoms with Crippen LogP contribution in [0.3, 0.4) is 0 Å². The van der Waals surface area contributed by atoms with E-state index >= 15 is 0 Å². The normalized spacial score (nSPS) is 12.7. The first-order valence-corrected chi connectivity index (χ1v) is 19.6. The zero-order chi connectivity index (χ0) is 35.2. The fourth-order valence-electron chi connectivity index (χ4n) is 5.16. The lowest BCUT2D eigenvalue weighted by Gasteiger charge is -2.13. The molecule has 0 aliphatic rings. The van der Waals surface area contributed by atoms with Gasteiger partial charge >= 0.3 is 0 Å². The molecule has 0 unspecified atom stereocenters. The van der Waals surface area contributed by atoms with Crippen LogP contribution in [-0.2, 0) is 29.3 Å². The fraction of sp³-hybridized carbons (Fsp3) is 0.879. The highest BCUT2D eigenvalue weighted by atomic mass is 32.2. The number of hydrogen-bond donors (Lipinski definition) is 7. The first-order chi connectivity index (χ1) is 22.5. The molecular formula is C33H66N6O7S. The molecule has 0 aliphatic carbocycles. The van der Waals surface area contributed by atoms with Crippen molar-refractivity contribution in [3.8, 4) is 0 Å². The van der Waals surface area contributed by atoms with Gasteiger partial charge in [-0.1, -0.05) is 70.6 Å². The Kier molecular flexibility index (Phi) is 28.4. The van der Waals surface area contributed by atoms with E-state index in [0.717, 1.165) is 64.2 Å². The van der Waals surface area contributed by atoms with E-state index in [-0.39, 0.29) is 29.4 Å². The lowest BCUT2D eigenvalue weighted by atomic mass is 10.0. The average molecular weight is 691 g/mol. The minimum absolute atomic E-state index is 0.0361. The Morgan fingerprint density at radius 2 is 0.915 bits per heavy atom. The minimum atomic E-state index is -3.81. The van der Waals surface area contributed by atoms with Crippen molar-refractivity contribution in [1.82, 2.24) is 21.3 Å². The molecule has 0 bridgehead atoms. The molecule has 0 aromatic rings. The van der Waals surface area contributed by atoms with Gasteiger partial charge in [0, 0.05) is 39.5 Å². The van der Waals surface area contributed by atoms with Gasteiger partial charge in [-0.05, 0) is 57.8 Å². The number of rotatable bonds is 32. The van der Waals surface area contributed by atoms with E-state index in [4.69, 9.17) is 16.0 Å². The van der Waals surface area contributed by atoms with Crippen molar-refractivity contribution in [1.29, 1.82) is 0 Å². The van der Waals surface area contributed by atoms with Crippen LogP contribution >= 0.6 is 0 Å². The summed E-state index contributed by atoms with van der Waals surface area (Å²) < 4.78 is 30.0. The third-order valence-corrected chi connectivity index (χ3v) is 8.94. The van der Waals surface area contributed by atoms with Crippen molar-refractivity contribution in [2.75, 3.05) is 32.4 Å². The smallest absolute Gasteiger partial charge is 0.264 e. The molecule has 2 atom stereocenters. The molecule has 0 aromatic heterocycles. The van der Waals surface area contributed by atoms with Crippen LogP contribution < -0.4 is 32.7 Å². The number of nitrogens with one attached hydrogen (secondary N) is 4. The van der Waals surface area contributed by atoms with Crippen LogP contribution in [-0.4, -0.2) is 81.1 Å². The quantitative estimate of drug-likeness (QED) is 0.0406. The molecule has 0 spiro atoms. The van der Waals surface area contributed by atoms with E-state index in [2.05, 4.69) is 21.3 Å². The van der Waals surface area contributed by atoms with Gasteiger partial charge in [-0.15, -0.1) is 0 Å². The Balaban J connectivity index is 3.50. The third kappa shape index (κ3) is 30.8. The Morgan fingerprint density at radius 3 is 1.38 bits per heavy atom. The SMILES string of the molecule is CNC(=O)[C@@H](N)CCCCNC(=O)[C@@H](N)CCCCNC(=O)CCCNC(=O)CCCCCCCCCCCCCCCS(=O)(=O)O. The Bertz CT molecular complexity index is 952. The summed E-state index contributed by atoms with van der Waals surface area (Å²) in [6.07, 6.45) is 19.3. The van der Waals surface area contributed by atoms with E-state index in [1.165, 1.54) is 38.5 Å². The average Bonchev–Trinajstić information content (AvgIpc) is 3.03. The Morgan fingerprint density at radius 1 is 0.532 bits per heavy atom. The summed E-state index contributed by atoms with van der Waals surface area (Å²) in [6, 6.07) is -1.13. The number of amides is 4. The zero-order valence-electron chi connectivity index (χ0n) is 29.0. The molecule has 0 radical (unpaired) electrons. The van der Waals surface area contributed by atoms with Gasteiger partial charge < -0.3 is 32.7 Å². The molecule has 0 aliphatic heterocycles. The molecule has 276 valence electrons. The van der Waals surface area contributed by atoms with Crippen LogP contribution in [0, 0.1) is 0 Å². The summed E-state index contributed by atoms with van der Waals surface area (Å²) >= 11 is 0. The van der Waals surface area contributed by atoms with Crippen LogP contribution in [0.2, 0.25) is 0 Å². The van der Waals surface area contributed by atoms with Gasteiger partial charge in [0.1, 0.15) is 0 Å². The number of likely N-dealkylation sites (N-methyl/N-ethyl adjacent to an activating group) is 1. The van der Waals surface area contributed by atoms with E-state index in [1.54, 1.807) is 7.05 Å². The van der Waals surface area contributed by atoms with Crippen LogP contribution in [0.1, 0.15) is 141 Å². The predicted molar refractivity (Wildman–Crippen MR) is 187 cm³/mol. The first kappa shape index (κ1) is 44.7. The standard InChI is InChI=1S/C33H66N6O7S/c1-36-32(42)28(34)20-15-17-25-39-33(43)29(35)21-14-16-24-37-31(41)23-19-26-38-30(40)22-13-11-9-7-5-3-2-4-6-8-10-12-18-27-47(44,45)46/h28-29H,2-27,34-35H2,1H3,(H,36,42)(H,37,41)(H,38,40)(H,39,43)(H,44,45,46)/t28-,29-/m0/s1. The maximum Gasteiger partial charge on any atom is 0.264 e. The molecule has 47 heavy (non-hydrogen) atoms. The van der Waals surface area contributed by atoms with Gasteiger partial charge in [0.05, 0.1) is 17.8 Å². The van der Waals surface area contributed by atoms with E-state index in [1.807, 2.05) is 0 Å². The second kappa shape index (κ2) is 29.8. The Hall–Kier alpha value is -2.29. The number of nitrogens with two attached hydrogens (primary N) is 2. The van der Waals surface area contributed by atoms with Gasteiger partial charge in [-0.3, -0.25) is 23.7 Å². The van der Waals surface area contributed by atoms with Crippen molar-refractivity contribution < 1.29 is 32.1 Å². The molecule has 9 N–H and O–H groups in total. The Labute approximate surface area is 284 Å². The minimum Gasteiger partial charge on any atom is -0.358 e. The summed E-state index contributed by atoms with van der Waals surface area (Å²) in [5.74, 6) is -0.534. The highest BCUT2D eigenvalue weighted by Gasteiger charge is 2.14. The van der Waals surface area contributed by atoms with Crippen molar-refractivity contribution in [2.45, 2.75) is 153 Å². The second-order valence-electron chi connectivity index (χ2n) is 12.5. The van der Waals surface area contributed by atoms with Gasteiger partial charge in [-0.25, -0.2) is 0 Å². The predicted octanol–water partition coefficient (Wildman–Crippen LogP) is 3.21. The maximum absolute atomic E-state index is 12.1. The van der Waals surface area contributed by atoms with Crippen LogP contribution in [0.25, 0.3) is 0 Å². The molecule has 13 nitrogen and oxygen atoms in total. The van der Waals surface area contributed by atoms with Crippen molar-refractivity contribution in [2.24, 2.45) is 11.5 Å². The number of carbonyl (C=O) groups excluding carboxylic acids is 4. The first-order valence-electron chi connectivity index (χ1n) is 17.9. The summed E-state index contributed by atoms with van der Waals surface area (Å²) in [5, 5.41) is 11.1. The number of carbonyl (C=O) groups is 4. The summed E-state index contributed by atoms with van der Waals surface area (Å²) in [4.78, 5) is 47.6. The lowest BCUT2D eigenvalue weighted by molar-refractivity contribution is -0.123. The van der Waals surface area contributed by atoms with Gasteiger partial charge in [-0.2, -0.15) is 8.42 Å². The second-order valence-corrected chi connectivity index (χ2v) is 14.1. The lowest BCUT2D eigenvalue weighted by Crippen LogP contribution is -2.41. The van der Waals surface area contributed by atoms with Crippen LogP contribution in [0.4, 0.5) is 0 Å².